The number of benzene rings is 1. The monoisotopic (exact) mass is 305 g/mol. The maximum absolute atomic E-state index is 12.8. The minimum absolute atomic E-state index is 0.0154. The first-order valence-corrected chi connectivity index (χ1v) is 6.58. The number of halogens is 1. The highest BCUT2D eigenvalue weighted by molar-refractivity contribution is 7.10. The topological polar surface area (TPSA) is 98.5 Å². The number of anilines is 1. The zero-order valence-electron chi connectivity index (χ0n) is 10.5. The summed E-state index contributed by atoms with van der Waals surface area (Å²) in [5, 5.41) is 13.4. The minimum Gasteiger partial charge on any atom is -0.299 e. The van der Waals surface area contributed by atoms with Crippen LogP contribution in [0.1, 0.15) is 0 Å². The molecule has 1 N–H and O–H groups in total. The quantitative estimate of drug-likeness (QED) is 0.771. The number of amides is 1. The van der Waals surface area contributed by atoms with Crippen LogP contribution in [0.25, 0.3) is 11.4 Å². The summed E-state index contributed by atoms with van der Waals surface area (Å²) in [6, 6.07) is 5.80. The van der Waals surface area contributed by atoms with Gasteiger partial charge in [0.15, 0.2) is 5.82 Å². The molecule has 3 rings (SSSR count). The molecule has 0 fully saturated rings. The fraction of sp³-hybridized carbons (Fsp3) is 0.0909. The maximum atomic E-state index is 12.8. The van der Waals surface area contributed by atoms with Crippen LogP contribution in [0.3, 0.4) is 0 Å². The Hall–Kier alpha value is -2.75. The molecule has 3 aromatic rings. The largest absolute Gasteiger partial charge is 0.299 e. The number of nitrogens with one attached hydrogen (secondary N) is 1. The number of hydrogen-bond donors (Lipinski definition) is 1. The van der Waals surface area contributed by atoms with Gasteiger partial charge in [0.05, 0.1) is 0 Å². The summed E-state index contributed by atoms with van der Waals surface area (Å²) in [6.07, 6.45) is 1.34. The van der Waals surface area contributed by atoms with Crippen LogP contribution in [-0.2, 0) is 11.3 Å². The Morgan fingerprint density at radius 2 is 2.14 bits per heavy atom. The van der Waals surface area contributed by atoms with Crippen molar-refractivity contribution in [2.24, 2.45) is 0 Å². The standard InChI is InChI=1S/C11H8FN7OS/c12-8-3-1-7(2-4-8)10-15-11(21-16-10)14-9(20)5-19-6-13-17-18-19/h1-4,6H,5H2,(H,14,15,16,20). The van der Waals surface area contributed by atoms with E-state index in [4.69, 9.17) is 0 Å². The molecule has 106 valence electrons. The maximum Gasteiger partial charge on any atom is 0.248 e. The number of carbonyl (C=O) groups excluding carboxylic acids is 1. The average molecular weight is 305 g/mol. The minimum atomic E-state index is -0.330. The van der Waals surface area contributed by atoms with Crippen LogP contribution >= 0.6 is 11.5 Å². The first kappa shape index (κ1) is 13.2. The molecule has 8 nitrogen and oxygen atoms in total. The van der Waals surface area contributed by atoms with Crippen molar-refractivity contribution in [1.82, 2.24) is 29.6 Å². The summed E-state index contributed by atoms with van der Waals surface area (Å²) in [7, 11) is 0. The molecular formula is C11H8FN7OS. The highest BCUT2D eigenvalue weighted by atomic mass is 32.1. The molecular weight excluding hydrogens is 297 g/mol. The second-order valence-electron chi connectivity index (χ2n) is 3.99. The van der Waals surface area contributed by atoms with Crippen molar-refractivity contribution < 1.29 is 9.18 Å². The molecule has 2 heterocycles. The lowest BCUT2D eigenvalue weighted by Crippen LogP contribution is -2.19. The highest BCUT2D eigenvalue weighted by Crippen LogP contribution is 2.21. The van der Waals surface area contributed by atoms with Gasteiger partial charge in [0, 0.05) is 17.1 Å². The third-order valence-electron chi connectivity index (χ3n) is 2.47. The molecule has 0 aliphatic rings. The van der Waals surface area contributed by atoms with E-state index in [-0.39, 0.29) is 18.3 Å². The summed E-state index contributed by atoms with van der Waals surface area (Å²) in [4.78, 5) is 15.9. The molecule has 0 saturated heterocycles. The molecule has 0 unspecified atom stereocenters. The smallest absolute Gasteiger partial charge is 0.248 e. The Kier molecular flexibility index (Phi) is 3.60. The van der Waals surface area contributed by atoms with Gasteiger partial charge in [-0.05, 0) is 34.7 Å². The first-order valence-electron chi connectivity index (χ1n) is 5.81. The SMILES string of the molecule is O=C(Cn1cnnn1)Nc1nc(-c2ccc(F)cc2)ns1. The normalized spacial score (nSPS) is 10.5. The third kappa shape index (κ3) is 3.23. The zero-order valence-corrected chi connectivity index (χ0v) is 11.3. The Morgan fingerprint density at radius 3 is 2.86 bits per heavy atom. The van der Waals surface area contributed by atoms with Crippen LogP contribution in [0.2, 0.25) is 0 Å². The van der Waals surface area contributed by atoms with Crippen LogP contribution in [0, 0.1) is 5.82 Å². The molecule has 0 radical (unpaired) electrons. The summed E-state index contributed by atoms with van der Waals surface area (Å²) in [6.45, 7) is -0.0154. The van der Waals surface area contributed by atoms with Crippen molar-refractivity contribution in [3.8, 4) is 11.4 Å². The predicted octanol–water partition coefficient (Wildman–Crippen LogP) is 0.969. The fourth-order valence-corrected chi connectivity index (χ4v) is 2.16. The van der Waals surface area contributed by atoms with Crippen molar-refractivity contribution in [2.75, 3.05) is 5.32 Å². The fourth-order valence-electron chi connectivity index (χ4n) is 1.55. The van der Waals surface area contributed by atoms with E-state index in [1.165, 1.54) is 23.1 Å². The van der Waals surface area contributed by atoms with Gasteiger partial charge in [0.1, 0.15) is 18.7 Å². The molecule has 0 aliphatic carbocycles. The van der Waals surface area contributed by atoms with E-state index in [0.717, 1.165) is 11.5 Å². The van der Waals surface area contributed by atoms with Crippen LogP contribution in [0.4, 0.5) is 9.52 Å². The molecule has 0 aliphatic heterocycles. The van der Waals surface area contributed by atoms with E-state index in [2.05, 4.69) is 30.2 Å². The molecule has 1 aromatic carbocycles. The molecule has 0 atom stereocenters. The van der Waals surface area contributed by atoms with E-state index in [1.54, 1.807) is 12.1 Å². The first-order chi connectivity index (χ1) is 10.2. The molecule has 0 bridgehead atoms. The van der Waals surface area contributed by atoms with Crippen LogP contribution in [0.5, 0.6) is 0 Å². The van der Waals surface area contributed by atoms with Crippen molar-refractivity contribution in [3.05, 3.63) is 36.4 Å². The van der Waals surface area contributed by atoms with E-state index in [9.17, 15) is 9.18 Å². The second kappa shape index (κ2) is 5.71. The van der Waals surface area contributed by atoms with Crippen molar-refractivity contribution >= 4 is 22.6 Å². The van der Waals surface area contributed by atoms with E-state index < -0.39 is 0 Å². The Bertz CT molecular complexity index is 740. The van der Waals surface area contributed by atoms with Crippen LogP contribution < -0.4 is 5.32 Å². The van der Waals surface area contributed by atoms with Gasteiger partial charge in [-0.1, -0.05) is 0 Å². The van der Waals surface area contributed by atoms with E-state index >= 15 is 0 Å². The van der Waals surface area contributed by atoms with E-state index in [1.807, 2.05) is 0 Å². The van der Waals surface area contributed by atoms with Gasteiger partial charge in [-0.25, -0.2) is 9.07 Å². The second-order valence-corrected chi connectivity index (χ2v) is 4.74. The number of tetrazole rings is 1. The van der Waals surface area contributed by atoms with Crippen molar-refractivity contribution in [1.29, 1.82) is 0 Å². The summed E-state index contributed by atoms with van der Waals surface area (Å²) >= 11 is 1.04. The zero-order chi connectivity index (χ0) is 14.7. The van der Waals surface area contributed by atoms with Gasteiger partial charge in [-0.3, -0.25) is 10.1 Å². The summed E-state index contributed by atoms with van der Waals surface area (Å²) < 4.78 is 18.2. The van der Waals surface area contributed by atoms with Crippen LogP contribution in [-0.4, -0.2) is 35.5 Å². The molecule has 2 aromatic heterocycles. The summed E-state index contributed by atoms with van der Waals surface area (Å²) in [5.41, 5.74) is 0.675. The third-order valence-corrected chi connectivity index (χ3v) is 3.10. The molecule has 21 heavy (non-hydrogen) atoms. The number of aromatic nitrogens is 6. The number of nitrogens with zero attached hydrogens (tertiary/aromatic N) is 6. The number of hydrogen-bond acceptors (Lipinski definition) is 7. The average Bonchev–Trinajstić information content (AvgIpc) is 3.11. The lowest BCUT2D eigenvalue weighted by atomic mass is 10.2. The van der Waals surface area contributed by atoms with Crippen LogP contribution in [0.15, 0.2) is 30.6 Å². The lowest BCUT2D eigenvalue weighted by molar-refractivity contribution is -0.116. The van der Waals surface area contributed by atoms with Crippen molar-refractivity contribution in [3.63, 3.8) is 0 Å². The van der Waals surface area contributed by atoms with E-state index in [0.29, 0.717) is 16.5 Å². The van der Waals surface area contributed by atoms with Gasteiger partial charge >= 0.3 is 0 Å². The predicted molar refractivity (Wildman–Crippen MR) is 71.7 cm³/mol. The Balaban J connectivity index is 1.67. The lowest BCUT2D eigenvalue weighted by Gasteiger charge is -1.99. The molecule has 0 saturated carbocycles. The Labute approximate surface area is 121 Å². The molecule has 0 spiro atoms. The number of rotatable bonds is 4. The van der Waals surface area contributed by atoms with Crippen molar-refractivity contribution in [2.45, 2.75) is 6.54 Å². The van der Waals surface area contributed by atoms with Gasteiger partial charge in [-0.15, -0.1) is 5.10 Å². The molecule has 1 amide bonds. The molecule has 10 heteroatoms. The van der Waals surface area contributed by atoms with Gasteiger partial charge < -0.3 is 0 Å². The highest BCUT2D eigenvalue weighted by Gasteiger charge is 2.10. The summed E-state index contributed by atoms with van der Waals surface area (Å²) in [5.74, 6) is -0.217. The van der Waals surface area contributed by atoms with Gasteiger partial charge in [0.25, 0.3) is 0 Å². The van der Waals surface area contributed by atoms with Gasteiger partial charge in [0.2, 0.25) is 11.0 Å². The van der Waals surface area contributed by atoms with Gasteiger partial charge in [-0.2, -0.15) is 9.36 Å². The Morgan fingerprint density at radius 1 is 1.33 bits per heavy atom. The number of carbonyl (C=O) groups is 1.